The maximum absolute atomic E-state index is 5.48. The first-order chi connectivity index (χ1) is 13.0. The van der Waals surface area contributed by atoms with Gasteiger partial charge in [0.15, 0.2) is 5.96 Å². The minimum absolute atomic E-state index is 0.0201. The van der Waals surface area contributed by atoms with Gasteiger partial charge in [-0.3, -0.25) is 4.99 Å². The van der Waals surface area contributed by atoms with E-state index in [0.29, 0.717) is 12.5 Å². The Bertz CT molecular complexity index is 790. The molecule has 0 aliphatic rings. The van der Waals surface area contributed by atoms with E-state index in [4.69, 9.17) is 14.2 Å². The first-order valence-corrected chi connectivity index (χ1v) is 8.84. The molecule has 0 fully saturated rings. The molecule has 0 heterocycles. The lowest BCUT2D eigenvalue weighted by molar-refractivity contribution is 0.394. The van der Waals surface area contributed by atoms with E-state index >= 15 is 0 Å². The van der Waals surface area contributed by atoms with E-state index in [2.05, 4.69) is 35.5 Å². The Morgan fingerprint density at radius 3 is 2.37 bits per heavy atom. The van der Waals surface area contributed by atoms with Crippen molar-refractivity contribution in [2.45, 2.75) is 26.4 Å². The molecule has 0 aliphatic carbocycles. The van der Waals surface area contributed by atoms with Gasteiger partial charge in [-0.05, 0) is 55.3 Å². The molecule has 6 heteroatoms. The lowest BCUT2D eigenvalue weighted by Gasteiger charge is -2.21. The van der Waals surface area contributed by atoms with Crippen LogP contribution in [0.2, 0.25) is 0 Å². The van der Waals surface area contributed by atoms with E-state index < -0.39 is 0 Å². The lowest BCUT2D eigenvalue weighted by atomic mass is 10.1. The molecule has 27 heavy (non-hydrogen) atoms. The molecule has 0 saturated heterocycles. The molecule has 6 nitrogen and oxygen atoms in total. The third kappa shape index (κ3) is 5.54. The van der Waals surface area contributed by atoms with E-state index in [1.165, 1.54) is 0 Å². The molecule has 2 rings (SSSR count). The predicted octanol–water partition coefficient (Wildman–Crippen LogP) is 3.45. The van der Waals surface area contributed by atoms with E-state index in [-0.39, 0.29) is 6.04 Å². The summed E-state index contributed by atoms with van der Waals surface area (Å²) in [4.78, 5) is 4.32. The van der Waals surface area contributed by atoms with Gasteiger partial charge in [-0.15, -0.1) is 0 Å². The Morgan fingerprint density at radius 1 is 1.00 bits per heavy atom. The first-order valence-electron chi connectivity index (χ1n) is 8.84. The zero-order valence-corrected chi connectivity index (χ0v) is 16.9. The molecule has 2 aromatic rings. The van der Waals surface area contributed by atoms with Crippen LogP contribution in [0, 0.1) is 6.92 Å². The monoisotopic (exact) mass is 371 g/mol. The largest absolute Gasteiger partial charge is 0.497 e. The molecular formula is C21H29N3O3. The van der Waals surface area contributed by atoms with Gasteiger partial charge < -0.3 is 24.8 Å². The fourth-order valence-corrected chi connectivity index (χ4v) is 2.89. The van der Waals surface area contributed by atoms with Gasteiger partial charge in [-0.25, -0.2) is 0 Å². The SMILES string of the molecule is CN=C(NCc1cc(C)cc(OC)c1)NC(C)c1cc(OC)ccc1OC. The van der Waals surface area contributed by atoms with Gasteiger partial charge in [0, 0.05) is 19.2 Å². The standard InChI is InChI=1S/C21H29N3O3/c1-14-9-16(11-18(10-14)26-5)13-23-21(22-3)24-15(2)19-12-17(25-4)7-8-20(19)27-6/h7-12,15H,13H2,1-6H3,(H2,22,23,24). The highest BCUT2D eigenvalue weighted by atomic mass is 16.5. The summed E-state index contributed by atoms with van der Waals surface area (Å²) >= 11 is 0. The van der Waals surface area contributed by atoms with Crippen LogP contribution in [0.5, 0.6) is 17.2 Å². The molecule has 2 N–H and O–H groups in total. The Hall–Kier alpha value is -2.89. The molecule has 0 saturated carbocycles. The lowest BCUT2D eigenvalue weighted by Crippen LogP contribution is -2.38. The van der Waals surface area contributed by atoms with Crippen LogP contribution in [0.3, 0.4) is 0 Å². The summed E-state index contributed by atoms with van der Waals surface area (Å²) in [5.41, 5.74) is 3.28. The number of aliphatic imine (C=N–C) groups is 1. The number of nitrogens with zero attached hydrogens (tertiary/aromatic N) is 1. The third-order valence-electron chi connectivity index (χ3n) is 4.29. The van der Waals surface area contributed by atoms with Crippen molar-refractivity contribution in [3.63, 3.8) is 0 Å². The van der Waals surface area contributed by atoms with Gasteiger partial charge in [0.1, 0.15) is 17.2 Å². The minimum Gasteiger partial charge on any atom is -0.497 e. The number of hydrogen-bond donors (Lipinski definition) is 2. The van der Waals surface area contributed by atoms with Gasteiger partial charge in [0.2, 0.25) is 0 Å². The second kappa shape index (κ2) is 9.71. The summed E-state index contributed by atoms with van der Waals surface area (Å²) in [5.74, 6) is 3.14. The van der Waals surface area contributed by atoms with Gasteiger partial charge in [0.05, 0.1) is 27.4 Å². The zero-order valence-electron chi connectivity index (χ0n) is 16.9. The number of benzene rings is 2. The number of ether oxygens (including phenoxy) is 3. The van der Waals surface area contributed by atoms with Crippen LogP contribution in [0.1, 0.15) is 29.7 Å². The number of guanidine groups is 1. The van der Waals surface area contributed by atoms with Gasteiger partial charge in [-0.1, -0.05) is 6.07 Å². The number of aryl methyl sites for hydroxylation is 1. The second-order valence-corrected chi connectivity index (χ2v) is 6.26. The molecule has 1 unspecified atom stereocenters. The van der Waals surface area contributed by atoms with Crippen molar-refractivity contribution in [2.75, 3.05) is 28.4 Å². The normalized spacial score (nSPS) is 12.3. The molecule has 1 atom stereocenters. The van der Waals surface area contributed by atoms with Crippen LogP contribution < -0.4 is 24.8 Å². The summed E-state index contributed by atoms with van der Waals surface area (Å²) < 4.78 is 16.2. The van der Waals surface area contributed by atoms with Crippen LogP contribution in [0.4, 0.5) is 0 Å². The van der Waals surface area contributed by atoms with Crippen LogP contribution >= 0.6 is 0 Å². The van der Waals surface area contributed by atoms with Crippen molar-refractivity contribution in [2.24, 2.45) is 4.99 Å². The molecule has 0 spiro atoms. The number of nitrogens with one attached hydrogen (secondary N) is 2. The Balaban J connectivity index is 2.08. The smallest absolute Gasteiger partial charge is 0.191 e. The molecule has 0 aliphatic heterocycles. The van der Waals surface area contributed by atoms with Crippen molar-refractivity contribution in [1.82, 2.24) is 10.6 Å². The van der Waals surface area contributed by atoms with Crippen molar-refractivity contribution in [1.29, 1.82) is 0 Å². The molecule has 0 radical (unpaired) electrons. The fraction of sp³-hybridized carbons (Fsp3) is 0.381. The predicted molar refractivity (Wildman–Crippen MR) is 109 cm³/mol. The molecule has 0 bridgehead atoms. The average Bonchev–Trinajstić information content (AvgIpc) is 2.69. The zero-order chi connectivity index (χ0) is 19.8. The summed E-state index contributed by atoms with van der Waals surface area (Å²) in [5, 5.41) is 6.74. The van der Waals surface area contributed by atoms with Crippen molar-refractivity contribution in [3.05, 3.63) is 53.1 Å². The highest BCUT2D eigenvalue weighted by Crippen LogP contribution is 2.29. The quantitative estimate of drug-likeness (QED) is 0.577. The topological polar surface area (TPSA) is 64.1 Å². The highest BCUT2D eigenvalue weighted by Gasteiger charge is 2.14. The molecule has 0 aromatic heterocycles. The maximum Gasteiger partial charge on any atom is 0.191 e. The van der Waals surface area contributed by atoms with Crippen LogP contribution in [0.15, 0.2) is 41.4 Å². The first kappa shape index (κ1) is 20.4. The highest BCUT2D eigenvalue weighted by molar-refractivity contribution is 5.80. The van der Waals surface area contributed by atoms with Crippen molar-refractivity contribution < 1.29 is 14.2 Å². The summed E-state index contributed by atoms with van der Waals surface area (Å²) in [6, 6.07) is 11.9. The summed E-state index contributed by atoms with van der Waals surface area (Å²) in [6.45, 7) is 4.75. The molecule has 0 amide bonds. The Labute approximate surface area is 161 Å². The van der Waals surface area contributed by atoms with Gasteiger partial charge >= 0.3 is 0 Å². The van der Waals surface area contributed by atoms with Crippen LogP contribution in [0.25, 0.3) is 0 Å². The fourth-order valence-electron chi connectivity index (χ4n) is 2.89. The molecule has 146 valence electrons. The maximum atomic E-state index is 5.48. The average molecular weight is 371 g/mol. The number of hydrogen-bond acceptors (Lipinski definition) is 4. The van der Waals surface area contributed by atoms with E-state index in [1.54, 1.807) is 28.4 Å². The minimum atomic E-state index is -0.0201. The van der Waals surface area contributed by atoms with Crippen molar-refractivity contribution in [3.8, 4) is 17.2 Å². The van der Waals surface area contributed by atoms with Gasteiger partial charge in [0.25, 0.3) is 0 Å². The van der Waals surface area contributed by atoms with E-state index in [9.17, 15) is 0 Å². The Kier molecular flexibility index (Phi) is 7.34. The van der Waals surface area contributed by atoms with Gasteiger partial charge in [-0.2, -0.15) is 0 Å². The van der Waals surface area contributed by atoms with Crippen LogP contribution in [-0.4, -0.2) is 34.3 Å². The summed E-state index contributed by atoms with van der Waals surface area (Å²) in [6.07, 6.45) is 0. The molecule has 2 aromatic carbocycles. The number of rotatable bonds is 7. The summed E-state index contributed by atoms with van der Waals surface area (Å²) in [7, 11) is 6.74. The van der Waals surface area contributed by atoms with Crippen molar-refractivity contribution >= 4 is 5.96 Å². The molecular weight excluding hydrogens is 342 g/mol. The Morgan fingerprint density at radius 2 is 1.74 bits per heavy atom. The van der Waals surface area contributed by atoms with E-state index in [0.717, 1.165) is 33.9 Å². The van der Waals surface area contributed by atoms with Crippen LogP contribution in [-0.2, 0) is 6.54 Å². The third-order valence-corrected chi connectivity index (χ3v) is 4.29. The number of methoxy groups -OCH3 is 3. The second-order valence-electron chi connectivity index (χ2n) is 6.26. The van der Waals surface area contributed by atoms with E-state index in [1.807, 2.05) is 30.3 Å².